The van der Waals surface area contributed by atoms with Crippen LogP contribution in [0.3, 0.4) is 0 Å². The second-order valence-corrected chi connectivity index (χ2v) is 7.55. The molecular formula is C23H29N3O4. The molecule has 1 aliphatic heterocycles. The van der Waals surface area contributed by atoms with Crippen molar-refractivity contribution in [2.24, 2.45) is 5.92 Å². The lowest BCUT2D eigenvalue weighted by Crippen LogP contribution is -2.41. The van der Waals surface area contributed by atoms with E-state index in [4.69, 9.17) is 9.47 Å². The van der Waals surface area contributed by atoms with E-state index in [9.17, 15) is 9.59 Å². The highest BCUT2D eigenvalue weighted by Gasteiger charge is 2.27. The van der Waals surface area contributed by atoms with Gasteiger partial charge < -0.3 is 19.7 Å². The molecule has 1 aliphatic rings. The highest BCUT2D eigenvalue weighted by atomic mass is 16.5. The van der Waals surface area contributed by atoms with E-state index in [0.29, 0.717) is 56.1 Å². The molecule has 0 atom stereocenters. The van der Waals surface area contributed by atoms with Gasteiger partial charge in [0.05, 0.1) is 14.2 Å². The van der Waals surface area contributed by atoms with Gasteiger partial charge in [-0.3, -0.25) is 9.59 Å². The van der Waals surface area contributed by atoms with Gasteiger partial charge in [-0.2, -0.15) is 0 Å². The Hall–Kier alpha value is -3.09. The Morgan fingerprint density at radius 1 is 1.10 bits per heavy atom. The topological polar surface area (TPSA) is 80.8 Å². The summed E-state index contributed by atoms with van der Waals surface area (Å²) >= 11 is 0. The summed E-state index contributed by atoms with van der Waals surface area (Å²) in [6.45, 7) is 3.16. The van der Waals surface area contributed by atoms with E-state index in [0.717, 1.165) is 11.1 Å². The third-order valence-electron chi connectivity index (χ3n) is 5.46. The van der Waals surface area contributed by atoms with E-state index in [1.54, 1.807) is 20.4 Å². The average Bonchev–Trinajstić information content (AvgIpc) is 2.77. The molecule has 0 aliphatic carbocycles. The highest BCUT2D eigenvalue weighted by molar-refractivity contribution is 5.92. The van der Waals surface area contributed by atoms with Gasteiger partial charge in [-0.15, -0.1) is 0 Å². The summed E-state index contributed by atoms with van der Waals surface area (Å²) in [4.78, 5) is 31.2. The molecule has 0 spiro atoms. The third-order valence-corrected chi connectivity index (χ3v) is 5.46. The van der Waals surface area contributed by atoms with Gasteiger partial charge in [0, 0.05) is 31.6 Å². The molecule has 2 aromatic rings. The number of hydrogen-bond acceptors (Lipinski definition) is 5. The van der Waals surface area contributed by atoms with Crippen LogP contribution in [0.1, 0.15) is 30.4 Å². The Kier molecular flexibility index (Phi) is 7.27. The fourth-order valence-electron chi connectivity index (χ4n) is 3.67. The molecule has 0 radical (unpaired) electrons. The average molecular weight is 412 g/mol. The summed E-state index contributed by atoms with van der Waals surface area (Å²) in [5.41, 5.74) is 2.08. The van der Waals surface area contributed by atoms with Gasteiger partial charge in [0.25, 0.3) is 0 Å². The van der Waals surface area contributed by atoms with Crippen LogP contribution in [-0.2, 0) is 16.0 Å². The number of piperidine rings is 1. The van der Waals surface area contributed by atoms with Gasteiger partial charge in [-0.1, -0.05) is 6.07 Å². The predicted molar refractivity (Wildman–Crippen MR) is 115 cm³/mol. The molecule has 0 bridgehead atoms. The van der Waals surface area contributed by atoms with Crippen molar-refractivity contribution in [1.82, 2.24) is 9.88 Å². The molecule has 2 amide bonds. The van der Waals surface area contributed by atoms with Gasteiger partial charge >= 0.3 is 0 Å². The van der Waals surface area contributed by atoms with Crippen molar-refractivity contribution in [3.63, 3.8) is 0 Å². The van der Waals surface area contributed by atoms with E-state index in [1.807, 2.05) is 42.2 Å². The van der Waals surface area contributed by atoms with Gasteiger partial charge in [-0.25, -0.2) is 4.98 Å². The molecule has 0 saturated carbocycles. The van der Waals surface area contributed by atoms with E-state index < -0.39 is 0 Å². The largest absolute Gasteiger partial charge is 0.493 e. The Morgan fingerprint density at radius 3 is 2.50 bits per heavy atom. The molecule has 7 heteroatoms. The number of benzene rings is 1. The van der Waals surface area contributed by atoms with E-state index in [-0.39, 0.29) is 17.7 Å². The lowest BCUT2D eigenvalue weighted by molar-refractivity contribution is -0.134. The first-order valence-corrected chi connectivity index (χ1v) is 10.2. The van der Waals surface area contributed by atoms with Crippen molar-refractivity contribution >= 4 is 17.6 Å². The van der Waals surface area contributed by atoms with Gasteiger partial charge in [0.15, 0.2) is 11.5 Å². The molecule has 1 aromatic heterocycles. The van der Waals surface area contributed by atoms with Crippen LogP contribution in [0.5, 0.6) is 11.5 Å². The number of methoxy groups -OCH3 is 2. The Balaban J connectivity index is 1.46. The number of amides is 2. The number of aryl methyl sites for hydroxylation is 2. The molecule has 1 aromatic carbocycles. The number of ether oxygens (including phenoxy) is 2. The maximum absolute atomic E-state index is 12.6. The Bertz CT molecular complexity index is 892. The number of carbonyl (C=O) groups excluding carboxylic acids is 2. The van der Waals surface area contributed by atoms with Gasteiger partial charge in [-0.05, 0) is 61.6 Å². The summed E-state index contributed by atoms with van der Waals surface area (Å²) in [5, 5.41) is 2.89. The molecule has 2 heterocycles. The molecule has 3 rings (SSSR count). The molecule has 160 valence electrons. The molecule has 0 unspecified atom stereocenters. The van der Waals surface area contributed by atoms with E-state index >= 15 is 0 Å². The maximum atomic E-state index is 12.6. The number of hydrogen-bond donors (Lipinski definition) is 1. The first kappa shape index (κ1) is 21.6. The first-order valence-electron chi connectivity index (χ1n) is 10.2. The summed E-state index contributed by atoms with van der Waals surface area (Å²) in [6.07, 6.45) is 4.09. The molecule has 1 saturated heterocycles. The number of nitrogens with one attached hydrogen (secondary N) is 1. The van der Waals surface area contributed by atoms with Crippen LogP contribution < -0.4 is 14.8 Å². The normalized spacial score (nSPS) is 14.3. The van der Waals surface area contributed by atoms with Crippen LogP contribution in [-0.4, -0.2) is 49.0 Å². The van der Waals surface area contributed by atoms with Crippen molar-refractivity contribution < 1.29 is 19.1 Å². The maximum Gasteiger partial charge on any atom is 0.228 e. The summed E-state index contributed by atoms with van der Waals surface area (Å²) in [7, 11) is 3.20. The zero-order valence-corrected chi connectivity index (χ0v) is 17.8. The highest BCUT2D eigenvalue weighted by Crippen LogP contribution is 2.28. The Labute approximate surface area is 177 Å². The number of pyridine rings is 1. The number of nitrogens with zero attached hydrogens (tertiary/aromatic N) is 2. The van der Waals surface area contributed by atoms with Crippen molar-refractivity contribution in [3.8, 4) is 11.5 Å². The quantitative estimate of drug-likeness (QED) is 0.757. The molecule has 30 heavy (non-hydrogen) atoms. The standard InChI is InChI=1S/C23H29N3O4/c1-16-8-11-24-21(14-16)25-23(28)18-9-12-26(13-10-18)22(27)7-5-17-4-6-19(29-2)20(15-17)30-3/h4,6,8,11,14-15,18H,5,7,9-10,12-13H2,1-3H3,(H,24,25,28). The molecule has 7 nitrogen and oxygen atoms in total. The second-order valence-electron chi connectivity index (χ2n) is 7.55. The van der Waals surface area contributed by atoms with Crippen LogP contribution in [0.25, 0.3) is 0 Å². The zero-order chi connectivity index (χ0) is 21.5. The van der Waals surface area contributed by atoms with Crippen LogP contribution in [0, 0.1) is 12.8 Å². The van der Waals surface area contributed by atoms with E-state index in [2.05, 4.69) is 10.3 Å². The smallest absolute Gasteiger partial charge is 0.228 e. The number of likely N-dealkylation sites (tertiary alicyclic amines) is 1. The summed E-state index contributed by atoms with van der Waals surface area (Å²) in [6, 6.07) is 9.45. The van der Waals surface area contributed by atoms with Crippen molar-refractivity contribution in [2.45, 2.75) is 32.6 Å². The first-order chi connectivity index (χ1) is 14.5. The number of carbonyl (C=O) groups is 2. The lowest BCUT2D eigenvalue weighted by atomic mass is 9.95. The predicted octanol–water partition coefficient (Wildman–Crippen LogP) is 3.22. The third kappa shape index (κ3) is 5.49. The van der Waals surface area contributed by atoms with Crippen LogP contribution >= 0.6 is 0 Å². The van der Waals surface area contributed by atoms with Crippen LogP contribution in [0.15, 0.2) is 36.5 Å². The van der Waals surface area contributed by atoms with Gasteiger partial charge in [0.2, 0.25) is 11.8 Å². The van der Waals surface area contributed by atoms with Crippen molar-refractivity contribution in [2.75, 3.05) is 32.6 Å². The van der Waals surface area contributed by atoms with Crippen molar-refractivity contribution in [1.29, 1.82) is 0 Å². The van der Waals surface area contributed by atoms with Crippen LogP contribution in [0.2, 0.25) is 0 Å². The lowest BCUT2D eigenvalue weighted by Gasteiger charge is -2.31. The van der Waals surface area contributed by atoms with Crippen LogP contribution in [0.4, 0.5) is 5.82 Å². The molecule has 1 N–H and O–H groups in total. The summed E-state index contributed by atoms with van der Waals surface area (Å²) in [5.74, 6) is 1.91. The Morgan fingerprint density at radius 2 is 1.83 bits per heavy atom. The minimum Gasteiger partial charge on any atom is -0.493 e. The molecular weight excluding hydrogens is 382 g/mol. The minimum atomic E-state index is -0.0952. The SMILES string of the molecule is COc1ccc(CCC(=O)N2CCC(C(=O)Nc3cc(C)ccn3)CC2)cc1OC. The monoisotopic (exact) mass is 411 g/mol. The van der Waals surface area contributed by atoms with Gasteiger partial charge in [0.1, 0.15) is 5.82 Å². The number of aromatic nitrogens is 1. The summed E-state index contributed by atoms with van der Waals surface area (Å²) < 4.78 is 10.6. The minimum absolute atomic E-state index is 0.0227. The fourth-order valence-corrected chi connectivity index (χ4v) is 3.67. The zero-order valence-electron chi connectivity index (χ0n) is 17.8. The van der Waals surface area contributed by atoms with Crippen molar-refractivity contribution in [3.05, 3.63) is 47.7 Å². The second kappa shape index (κ2) is 10.1. The fraction of sp³-hybridized carbons (Fsp3) is 0.435. The molecule has 1 fully saturated rings. The van der Waals surface area contributed by atoms with E-state index in [1.165, 1.54) is 0 Å². The number of rotatable bonds is 7. The number of anilines is 1.